The average Bonchev–Trinajstić information content (AvgIpc) is 2.48. The van der Waals surface area contributed by atoms with Crippen molar-refractivity contribution in [3.05, 3.63) is 35.9 Å². The molecule has 0 spiro atoms. The third-order valence-corrected chi connectivity index (χ3v) is 3.12. The molecule has 22 heavy (non-hydrogen) atoms. The largest absolute Gasteiger partial charge is 0.368 e. The van der Waals surface area contributed by atoms with Gasteiger partial charge in [0, 0.05) is 13.0 Å². The number of carbonyl (C=O) groups is 3. The highest BCUT2D eigenvalue weighted by Crippen LogP contribution is 1.99. The van der Waals surface area contributed by atoms with Gasteiger partial charge in [0.15, 0.2) is 0 Å². The smallest absolute Gasteiger partial charge is 0.240 e. The van der Waals surface area contributed by atoms with Gasteiger partial charge in [0.05, 0.1) is 6.42 Å². The van der Waals surface area contributed by atoms with Crippen molar-refractivity contribution < 1.29 is 14.4 Å². The van der Waals surface area contributed by atoms with Gasteiger partial charge in [-0.05, 0) is 18.4 Å². The second kappa shape index (κ2) is 9.55. The molecule has 6 heteroatoms. The lowest BCUT2D eigenvalue weighted by Crippen LogP contribution is -2.47. The van der Waals surface area contributed by atoms with E-state index >= 15 is 0 Å². The first-order valence-electron chi connectivity index (χ1n) is 7.42. The van der Waals surface area contributed by atoms with Crippen LogP contribution in [0.25, 0.3) is 0 Å². The van der Waals surface area contributed by atoms with Crippen LogP contribution in [0.3, 0.4) is 0 Å². The molecule has 0 unspecified atom stereocenters. The number of carbonyl (C=O) groups excluding carboxylic acids is 3. The lowest BCUT2D eigenvalue weighted by molar-refractivity contribution is -0.130. The van der Waals surface area contributed by atoms with Crippen molar-refractivity contribution in [1.29, 1.82) is 0 Å². The molecule has 0 radical (unpaired) electrons. The van der Waals surface area contributed by atoms with Crippen LogP contribution in [-0.2, 0) is 20.8 Å². The van der Waals surface area contributed by atoms with E-state index < -0.39 is 11.9 Å². The third-order valence-electron chi connectivity index (χ3n) is 3.12. The van der Waals surface area contributed by atoms with E-state index in [-0.39, 0.29) is 18.2 Å². The summed E-state index contributed by atoms with van der Waals surface area (Å²) in [5, 5.41) is 5.21. The summed E-state index contributed by atoms with van der Waals surface area (Å²) >= 11 is 0. The van der Waals surface area contributed by atoms with Crippen LogP contribution < -0.4 is 16.4 Å². The van der Waals surface area contributed by atoms with E-state index in [0.717, 1.165) is 5.56 Å². The van der Waals surface area contributed by atoms with Gasteiger partial charge in [-0.25, -0.2) is 0 Å². The Hall–Kier alpha value is -2.37. The predicted molar refractivity (Wildman–Crippen MR) is 83.8 cm³/mol. The lowest BCUT2D eigenvalue weighted by atomic mass is 10.1. The first kappa shape index (κ1) is 17.7. The minimum Gasteiger partial charge on any atom is -0.368 e. The van der Waals surface area contributed by atoms with Crippen LogP contribution >= 0.6 is 0 Å². The minimum absolute atomic E-state index is 0.139. The van der Waals surface area contributed by atoms with Crippen molar-refractivity contribution in [1.82, 2.24) is 10.6 Å². The molecule has 0 heterocycles. The number of hydrogen-bond acceptors (Lipinski definition) is 3. The number of primary amides is 1. The normalized spacial score (nSPS) is 11.5. The summed E-state index contributed by atoms with van der Waals surface area (Å²) in [5.74, 6) is -1.29. The Balaban J connectivity index is 2.37. The maximum atomic E-state index is 11.8. The summed E-state index contributed by atoms with van der Waals surface area (Å²) < 4.78 is 0. The summed E-state index contributed by atoms with van der Waals surface area (Å²) in [6.07, 6.45) is 1.54. The molecule has 0 aromatic heterocycles. The van der Waals surface area contributed by atoms with Crippen LogP contribution in [0.2, 0.25) is 0 Å². The number of nitrogens with one attached hydrogen (secondary N) is 2. The van der Waals surface area contributed by atoms with Gasteiger partial charge in [-0.3, -0.25) is 14.4 Å². The molecule has 0 saturated carbocycles. The second-order valence-electron chi connectivity index (χ2n) is 5.06. The fraction of sp³-hybridized carbons (Fsp3) is 0.438. The van der Waals surface area contributed by atoms with Crippen molar-refractivity contribution in [3.63, 3.8) is 0 Å². The Bertz CT molecular complexity index is 503. The van der Waals surface area contributed by atoms with Crippen LogP contribution in [0, 0.1) is 0 Å². The first-order chi connectivity index (χ1) is 10.5. The van der Waals surface area contributed by atoms with E-state index in [0.29, 0.717) is 25.8 Å². The molecule has 0 bridgehead atoms. The lowest BCUT2D eigenvalue weighted by Gasteiger charge is -2.15. The Labute approximate surface area is 130 Å². The van der Waals surface area contributed by atoms with Crippen LogP contribution in [0.4, 0.5) is 0 Å². The molecule has 120 valence electrons. The van der Waals surface area contributed by atoms with Gasteiger partial charge in [0.2, 0.25) is 17.7 Å². The molecular weight excluding hydrogens is 282 g/mol. The standard InChI is InChI=1S/C16H23N3O3/c1-2-6-14(20)19-13(16(17)22)11-15(21)18-10-9-12-7-4-3-5-8-12/h3-5,7-8,13H,2,6,9-11H2,1H3,(H2,17,22)(H,18,21)(H,19,20)/t13-/m1/s1. The summed E-state index contributed by atoms with van der Waals surface area (Å²) in [6.45, 7) is 2.33. The molecule has 1 atom stereocenters. The quantitative estimate of drug-likeness (QED) is 0.619. The SMILES string of the molecule is CCCC(=O)N[C@H](CC(=O)NCCc1ccccc1)C(N)=O. The maximum absolute atomic E-state index is 11.8. The zero-order chi connectivity index (χ0) is 16.4. The van der Waals surface area contributed by atoms with E-state index in [4.69, 9.17) is 5.73 Å². The van der Waals surface area contributed by atoms with Crippen molar-refractivity contribution >= 4 is 17.7 Å². The highest BCUT2D eigenvalue weighted by atomic mass is 16.2. The highest BCUT2D eigenvalue weighted by molar-refractivity contribution is 5.91. The molecule has 0 aliphatic heterocycles. The van der Waals surface area contributed by atoms with Gasteiger partial charge >= 0.3 is 0 Å². The van der Waals surface area contributed by atoms with Crippen molar-refractivity contribution in [2.75, 3.05) is 6.54 Å². The third kappa shape index (κ3) is 6.88. The fourth-order valence-corrected chi connectivity index (χ4v) is 1.96. The molecule has 0 aliphatic carbocycles. The van der Waals surface area contributed by atoms with Crippen LogP contribution in [0.5, 0.6) is 0 Å². The van der Waals surface area contributed by atoms with Crippen molar-refractivity contribution in [3.8, 4) is 0 Å². The van der Waals surface area contributed by atoms with E-state index in [1.807, 2.05) is 37.3 Å². The van der Waals surface area contributed by atoms with Crippen LogP contribution in [0.1, 0.15) is 31.7 Å². The van der Waals surface area contributed by atoms with Gasteiger partial charge in [0.1, 0.15) is 6.04 Å². The number of hydrogen-bond donors (Lipinski definition) is 3. The summed E-state index contributed by atoms with van der Waals surface area (Å²) in [7, 11) is 0. The number of rotatable bonds is 9. The van der Waals surface area contributed by atoms with Crippen LogP contribution in [0.15, 0.2) is 30.3 Å². The molecule has 6 nitrogen and oxygen atoms in total. The fourth-order valence-electron chi connectivity index (χ4n) is 1.96. The molecule has 0 fully saturated rings. The average molecular weight is 305 g/mol. The minimum atomic E-state index is -0.962. The molecule has 1 rings (SSSR count). The molecule has 3 amide bonds. The Morgan fingerprint density at radius 1 is 1.14 bits per heavy atom. The van der Waals surface area contributed by atoms with Gasteiger partial charge in [0.25, 0.3) is 0 Å². The predicted octanol–water partition coefficient (Wildman–Crippen LogP) is 0.506. The maximum Gasteiger partial charge on any atom is 0.240 e. The summed E-state index contributed by atoms with van der Waals surface area (Å²) in [4.78, 5) is 34.6. The van der Waals surface area contributed by atoms with Gasteiger partial charge in [-0.1, -0.05) is 37.3 Å². The van der Waals surface area contributed by atoms with Gasteiger partial charge < -0.3 is 16.4 Å². The van der Waals surface area contributed by atoms with E-state index in [2.05, 4.69) is 10.6 Å². The molecule has 4 N–H and O–H groups in total. The molecule has 0 aliphatic rings. The molecular formula is C16H23N3O3. The Morgan fingerprint density at radius 2 is 1.82 bits per heavy atom. The van der Waals surface area contributed by atoms with E-state index in [1.54, 1.807) is 0 Å². The second-order valence-corrected chi connectivity index (χ2v) is 5.06. The van der Waals surface area contributed by atoms with Gasteiger partial charge in [-0.2, -0.15) is 0 Å². The molecule has 0 saturated heterocycles. The van der Waals surface area contributed by atoms with Gasteiger partial charge in [-0.15, -0.1) is 0 Å². The molecule has 1 aromatic rings. The monoisotopic (exact) mass is 305 g/mol. The van der Waals surface area contributed by atoms with E-state index in [9.17, 15) is 14.4 Å². The summed E-state index contributed by atoms with van der Waals surface area (Å²) in [6, 6.07) is 8.79. The van der Waals surface area contributed by atoms with Crippen molar-refractivity contribution in [2.45, 2.75) is 38.6 Å². The van der Waals surface area contributed by atoms with Crippen molar-refractivity contribution in [2.24, 2.45) is 5.73 Å². The highest BCUT2D eigenvalue weighted by Gasteiger charge is 2.20. The van der Waals surface area contributed by atoms with Crippen LogP contribution in [-0.4, -0.2) is 30.3 Å². The zero-order valence-electron chi connectivity index (χ0n) is 12.8. The zero-order valence-corrected chi connectivity index (χ0v) is 12.8. The summed E-state index contributed by atoms with van der Waals surface area (Å²) in [5.41, 5.74) is 6.33. The number of amides is 3. The first-order valence-corrected chi connectivity index (χ1v) is 7.42. The number of nitrogens with two attached hydrogens (primary N) is 1. The number of benzene rings is 1. The van der Waals surface area contributed by atoms with E-state index in [1.165, 1.54) is 0 Å². The Morgan fingerprint density at radius 3 is 2.41 bits per heavy atom. The Kier molecular flexibility index (Phi) is 7.67. The topological polar surface area (TPSA) is 101 Å². The molecule has 1 aromatic carbocycles.